The van der Waals surface area contributed by atoms with E-state index in [1.807, 2.05) is 0 Å². The van der Waals surface area contributed by atoms with Gasteiger partial charge in [-0.3, -0.25) is 14.9 Å². The second kappa shape index (κ2) is 10.5. The van der Waals surface area contributed by atoms with Crippen molar-refractivity contribution in [1.82, 2.24) is 0 Å². The molecule has 0 aromatic heterocycles. The van der Waals surface area contributed by atoms with Crippen molar-refractivity contribution in [1.29, 1.82) is 0 Å². The molecule has 0 saturated carbocycles. The zero-order valence-electron chi connectivity index (χ0n) is 20.8. The number of methoxy groups -OCH3 is 3. The molecule has 1 unspecified atom stereocenters. The Morgan fingerprint density at radius 2 is 1.57 bits per heavy atom. The van der Waals surface area contributed by atoms with E-state index in [0.717, 1.165) is 0 Å². The van der Waals surface area contributed by atoms with Crippen LogP contribution in [-0.4, -0.2) is 51.4 Å². The first-order chi connectivity index (χ1) is 16.5. The number of nitrogens with one attached hydrogen (secondary N) is 2. The lowest BCUT2D eigenvalue weighted by molar-refractivity contribution is -0.122. The smallest absolute Gasteiger partial charge is 0.412 e. The normalized spacial score (nSPS) is 15.4. The third-order valence-electron chi connectivity index (χ3n) is 5.28. The third-order valence-corrected chi connectivity index (χ3v) is 5.28. The van der Waals surface area contributed by atoms with Crippen molar-refractivity contribution in [2.45, 2.75) is 32.8 Å². The van der Waals surface area contributed by atoms with Crippen molar-refractivity contribution in [2.24, 2.45) is 5.92 Å². The molecule has 0 aliphatic carbocycles. The summed E-state index contributed by atoms with van der Waals surface area (Å²) in [5.41, 5.74) is 0.738. The highest BCUT2D eigenvalue weighted by Gasteiger charge is 2.35. The van der Waals surface area contributed by atoms with Crippen molar-refractivity contribution in [3.63, 3.8) is 0 Å². The minimum atomic E-state index is -0.669. The van der Waals surface area contributed by atoms with Gasteiger partial charge in [0.2, 0.25) is 11.8 Å². The molecule has 1 aliphatic heterocycles. The second-order valence-corrected chi connectivity index (χ2v) is 8.98. The molecule has 10 heteroatoms. The highest BCUT2D eigenvalue weighted by atomic mass is 16.6. The first kappa shape index (κ1) is 25.7. The SMILES string of the molecule is COc1ccc(NC(=O)C2CC(=O)N(c3ccc(OC)c(OC)c3)C2)cc1NC(=O)OC(C)(C)C. The highest BCUT2D eigenvalue weighted by molar-refractivity contribution is 6.04. The summed E-state index contributed by atoms with van der Waals surface area (Å²) in [5.74, 6) is 0.417. The largest absolute Gasteiger partial charge is 0.495 e. The molecule has 1 atom stereocenters. The van der Waals surface area contributed by atoms with E-state index in [1.165, 1.54) is 21.3 Å². The number of anilines is 3. The average Bonchev–Trinajstić information content (AvgIpc) is 3.19. The molecule has 188 valence electrons. The van der Waals surface area contributed by atoms with Gasteiger partial charge in [0.1, 0.15) is 11.4 Å². The summed E-state index contributed by atoms with van der Waals surface area (Å²) in [6, 6.07) is 10.0. The van der Waals surface area contributed by atoms with E-state index in [-0.39, 0.29) is 24.8 Å². The molecule has 2 N–H and O–H groups in total. The summed E-state index contributed by atoms with van der Waals surface area (Å²) in [6.45, 7) is 5.50. The number of rotatable bonds is 7. The number of carbonyl (C=O) groups is 3. The third kappa shape index (κ3) is 6.34. The molecule has 35 heavy (non-hydrogen) atoms. The van der Waals surface area contributed by atoms with Crippen molar-refractivity contribution in [2.75, 3.05) is 43.4 Å². The van der Waals surface area contributed by atoms with Gasteiger partial charge in [0.25, 0.3) is 0 Å². The van der Waals surface area contributed by atoms with Gasteiger partial charge in [-0.1, -0.05) is 0 Å². The van der Waals surface area contributed by atoms with E-state index in [4.69, 9.17) is 18.9 Å². The fourth-order valence-corrected chi connectivity index (χ4v) is 3.67. The van der Waals surface area contributed by atoms with Gasteiger partial charge in [0.05, 0.1) is 32.9 Å². The Hall–Kier alpha value is -3.95. The Balaban J connectivity index is 1.71. The second-order valence-electron chi connectivity index (χ2n) is 8.98. The van der Waals surface area contributed by atoms with Crippen LogP contribution in [-0.2, 0) is 14.3 Å². The van der Waals surface area contributed by atoms with E-state index in [1.54, 1.807) is 62.1 Å². The molecule has 10 nitrogen and oxygen atoms in total. The van der Waals surface area contributed by atoms with Crippen LogP contribution >= 0.6 is 0 Å². The molecule has 2 aromatic rings. The molecule has 1 heterocycles. The maximum atomic E-state index is 13.0. The van der Waals surface area contributed by atoms with Gasteiger partial charge in [0.15, 0.2) is 11.5 Å². The Bertz CT molecular complexity index is 1110. The fraction of sp³-hybridized carbons (Fsp3) is 0.400. The minimum Gasteiger partial charge on any atom is -0.495 e. The first-order valence-corrected chi connectivity index (χ1v) is 11.1. The van der Waals surface area contributed by atoms with Crippen molar-refractivity contribution < 1.29 is 33.3 Å². The molecule has 1 fully saturated rings. The summed E-state index contributed by atoms with van der Waals surface area (Å²) in [6.07, 6.45) is -0.578. The van der Waals surface area contributed by atoms with E-state index in [0.29, 0.717) is 34.3 Å². The van der Waals surface area contributed by atoms with Crippen LogP contribution in [0.5, 0.6) is 17.2 Å². The number of nitrogens with zero attached hydrogens (tertiary/aromatic N) is 1. The van der Waals surface area contributed by atoms with Crippen molar-refractivity contribution in [3.05, 3.63) is 36.4 Å². The molecule has 1 saturated heterocycles. The van der Waals surface area contributed by atoms with Gasteiger partial charge in [-0.2, -0.15) is 0 Å². The van der Waals surface area contributed by atoms with E-state index in [9.17, 15) is 14.4 Å². The zero-order valence-corrected chi connectivity index (χ0v) is 20.8. The lowest BCUT2D eigenvalue weighted by Gasteiger charge is -2.20. The lowest BCUT2D eigenvalue weighted by Crippen LogP contribution is -2.28. The van der Waals surface area contributed by atoms with Crippen LogP contribution in [0, 0.1) is 5.92 Å². The number of amides is 3. The Morgan fingerprint density at radius 1 is 0.914 bits per heavy atom. The molecule has 0 spiro atoms. The van der Waals surface area contributed by atoms with Crippen LogP contribution < -0.4 is 29.7 Å². The number of hydrogen-bond donors (Lipinski definition) is 2. The summed E-state index contributed by atoms with van der Waals surface area (Å²) >= 11 is 0. The summed E-state index contributed by atoms with van der Waals surface area (Å²) in [4.78, 5) is 39.4. The molecule has 0 radical (unpaired) electrons. The van der Waals surface area contributed by atoms with Crippen LogP contribution in [0.4, 0.5) is 21.9 Å². The average molecular weight is 486 g/mol. The Labute approximate surface area is 204 Å². The van der Waals surface area contributed by atoms with Crippen LogP contribution in [0.2, 0.25) is 0 Å². The maximum absolute atomic E-state index is 13.0. The van der Waals surface area contributed by atoms with E-state index >= 15 is 0 Å². The van der Waals surface area contributed by atoms with Gasteiger partial charge in [-0.05, 0) is 51.1 Å². The topological polar surface area (TPSA) is 115 Å². The molecular formula is C25H31N3O7. The van der Waals surface area contributed by atoms with Crippen LogP contribution in [0.15, 0.2) is 36.4 Å². The van der Waals surface area contributed by atoms with Gasteiger partial charge < -0.3 is 29.2 Å². The predicted octanol–water partition coefficient (Wildman–Crippen LogP) is 4.05. The lowest BCUT2D eigenvalue weighted by atomic mass is 10.1. The quantitative estimate of drug-likeness (QED) is 0.608. The van der Waals surface area contributed by atoms with Gasteiger partial charge in [0, 0.05) is 30.4 Å². The van der Waals surface area contributed by atoms with E-state index < -0.39 is 17.6 Å². The Morgan fingerprint density at radius 3 is 2.20 bits per heavy atom. The van der Waals surface area contributed by atoms with Gasteiger partial charge in [-0.15, -0.1) is 0 Å². The minimum absolute atomic E-state index is 0.0688. The van der Waals surface area contributed by atoms with Crippen LogP contribution in [0.3, 0.4) is 0 Å². The fourth-order valence-electron chi connectivity index (χ4n) is 3.67. The summed E-state index contributed by atoms with van der Waals surface area (Å²) < 4.78 is 21.1. The van der Waals surface area contributed by atoms with Crippen LogP contribution in [0.25, 0.3) is 0 Å². The number of hydrogen-bond acceptors (Lipinski definition) is 7. The van der Waals surface area contributed by atoms with Gasteiger partial charge >= 0.3 is 6.09 Å². The molecule has 3 rings (SSSR count). The first-order valence-electron chi connectivity index (χ1n) is 11.1. The Kier molecular flexibility index (Phi) is 7.73. The summed E-state index contributed by atoms with van der Waals surface area (Å²) in [5, 5.41) is 5.46. The molecule has 0 bridgehead atoms. The van der Waals surface area contributed by atoms with E-state index in [2.05, 4.69) is 10.6 Å². The number of ether oxygens (including phenoxy) is 4. The maximum Gasteiger partial charge on any atom is 0.412 e. The number of benzene rings is 2. The predicted molar refractivity (Wildman–Crippen MR) is 131 cm³/mol. The molecule has 3 amide bonds. The molecule has 1 aliphatic rings. The molecular weight excluding hydrogens is 454 g/mol. The molecule has 2 aromatic carbocycles. The van der Waals surface area contributed by atoms with Gasteiger partial charge in [-0.25, -0.2) is 4.79 Å². The van der Waals surface area contributed by atoms with Crippen molar-refractivity contribution >= 4 is 35.0 Å². The standard InChI is InChI=1S/C25H31N3O7/c1-25(2,3)35-24(31)27-18-12-16(7-9-19(18)32-4)26-23(30)15-11-22(29)28(14-15)17-8-10-20(33-5)21(13-17)34-6/h7-10,12-13,15H,11,14H2,1-6H3,(H,26,30)(H,27,31). The van der Waals surface area contributed by atoms with Crippen molar-refractivity contribution in [3.8, 4) is 17.2 Å². The highest BCUT2D eigenvalue weighted by Crippen LogP contribution is 2.35. The number of carbonyl (C=O) groups excluding carboxylic acids is 3. The zero-order chi connectivity index (χ0) is 25.8. The van der Waals surface area contributed by atoms with Crippen LogP contribution in [0.1, 0.15) is 27.2 Å². The monoisotopic (exact) mass is 485 g/mol. The summed E-state index contributed by atoms with van der Waals surface area (Å²) in [7, 11) is 4.53.